The molecule has 0 atom stereocenters. The van der Waals surface area contributed by atoms with Crippen LogP contribution in [0.1, 0.15) is 16.7 Å². The summed E-state index contributed by atoms with van der Waals surface area (Å²) in [5.41, 5.74) is 3.38. The second-order valence-corrected chi connectivity index (χ2v) is 13.3. The van der Waals surface area contributed by atoms with Crippen molar-refractivity contribution < 1.29 is 29.8 Å². The lowest BCUT2D eigenvalue weighted by Gasteiger charge is -2.01. The molecule has 3 rings (SSSR count). The average molecular weight is 585 g/mol. The van der Waals surface area contributed by atoms with Gasteiger partial charge in [-0.3, -0.25) is 4.55 Å². The van der Waals surface area contributed by atoms with Crippen LogP contribution in [-0.4, -0.2) is 36.9 Å². The van der Waals surface area contributed by atoms with Gasteiger partial charge < -0.3 is 0 Å². The summed E-state index contributed by atoms with van der Waals surface area (Å²) < 4.78 is 71.2. The molecule has 0 fully saturated rings. The van der Waals surface area contributed by atoms with E-state index in [4.69, 9.17) is 23.7 Å². The monoisotopic (exact) mass is 583 g/mol. The zero-order valence-corrected chi connectivity index (χ0v) is 23.3. The summed E-state index contributed by atoms with van der Waals surface area (Å²) in [6.07, 6.45) is 0. The SMILES string of the molecule is CNS(=O)(=O)c1ccc(C)cc1.Cc1ccc(S(=O)(=O)Cl)cc1.Cc1ccccc1.O=S(=O)(O)Cl. The quantitative estimate of drug-likeness (QED) is 0.332. The van der Waals surface area contributed by atoms with E-state index in [2.05, 4.69) is 34.5 Å². The van der Waals surface area contributed by atoms with Gasteiger partial charge in [0.2, 0.25) is 10.0 Å². The summed E-state index contributed by atoms with van der Waals surface area (Å²) in [6, 6.07) is 23.3. The van der Waals surface area contributed by atoms with Crippen molar-refractivity contribution in [3.63, 3.8) is 0 Å². The molecule has 0 amide bonds. The third-order valence-electron chi connectivity index (χ3n) is 3.84. The predicted molar refractivity (Wildman–Crippen MR) is 140 cm³/mol. The van der Waals surface area contributed by atoms with Crippen LogP contribution < -0.4 is 4.72 Å². The molecule has 3 aromatic rings. The highest BCUT2D eigenvalue weighted by Crippen LogP contribution is 2.14. The van der Waals surface area contributed by atoms with Gasteiger partial charge in [-0.15, -0.1) is 0 Å². The van der Waals surface area contributed by atoms with Crippen LogP contribution in [0.5, 0.6) is 0 Å². The van der Waals surface area contributed by atoms with Gasteiger partial charge in [0.15, 0.2) is 0 Å². The molecule has 0 saturated carbocycles. The number of sulfonamides is 1. The van der Waals surface area contributed by atoms with Crippen LogP contribution in [0.3, 0.4) is 0 Å². The van der Waals surface area contributed by atoms with Gasteiger partial charge in [-0.1, -0.05) is 71.3 Å². The smallest absolute Gasteiger partial charge is 0.273 e. The molecule has 0 saturated heterocycles. The van der Waals surface area contributed by atoms with Crippen molar-refractivity contribution in [2.75, 3.05) is 7.05 Å². The first-order valence-electron chi connectivity index (χ1n) is 9.66. The first kappa shape index (κ1) is 33.0. The molecule has 194 valence electrons. The average Bonchev–Trinajstić information content (AvgIpc) is 2.74. The Kier molecular flexibility index (Phi) is 14.3. The van der Waals surface area contributed by atoms with E-state index in [9.17, 15) is 16.8 Å². The van der Waals surface area contributed by atoms with Gasteiger partial charge in [-0.05, 0) is 52.1 Å². The summed E-state index contributed by atoms with van der Waals surface area (Å²) in [4.78, 5) is 0.445. The fourth-order valence-corrected chi connectivity index (χ4v) is 3.57. The molecule has 0 bridgehead atoms. The molecule has 0 spiro atoms. The molecule has 13 heteroatoms. The Labute approximate surface area is 216 Å². The van der Waals surface area contributed by atoms with Gasteiger partial charge >= 0.3 is 9.33 Å². The molecular weight excluding hydrogens is 557 g/mol. The number of hydrogen-bond donors (Lipinski definition) is 2. The molecule has 35 heavy (non-hydrogen) atoms. The lowest BCUT2D eigenvalue weighted by atomic mass is 10.2. The van der Waals surface area contributed by atoms with E-state index in [0.717, 1.165) is 11.1 Å². The van der Waals surface area contributed by atoms with Crippen LogP contribution in [0.15, 0.2) is 88.7 Å². The molecule has 0 aliphatic rings. The fraction of sp³-hybridized carbons (Fsp3) is 0.182. The minimum absolute atomic E-state index is 0.143. The van der Waals surface area contributed by atoms with E-state index in [1.165, 1.54) is 24.7 Å². The van der Waals surface area contributed by atoms with Crippen molar-refractivity contribution in [1.29, 1.82) is 0 Å². The Hall–Kier alpha value is -1.99. The summed E-state index contributed by atoms with van der Waals surface area (Å²) >= 11 is 0. The molecule has 8 nitrogen and oxygen atoms in total. The molecule has 3 aromatic carbocycles. The van der Waals surface area contributed by atoms with Crippen molar-refractivity contribution in [3.8, 4) is 0 Å². The molecule has 0 aromatic heterocycles. The van der Waals surface area contributed by atoms with Crippen molar-refractivity contribution in [1.82, 2.24) is 4.72 Å². The molecule has 0 radical (unpaired) electrons. The number of benzene rings is 3. The summed E-state index contributed by atoms with van der Waals surface area (Å²) in [5, 5.41) is 0. The first-order valence-corrected chi connectivity index (χ1v) is 15.7. The van der Waals surface area contributed by atoms with E-state index >= 15 is 0 Å². The summed E-state index contributed by atoms with van der Waals surface area (Å²) in [6.45, 7) is 5.88. The van der Waals surface area contributed by atoms with Crippen LogP contribution in [0, 0.1) is 20.8 Å². The lowest BCUT2D eigenvalue weighted by Crippen LogP contribution is -2.18. The maximum atomic E-state index is 11.2. The molecular formula is C22H27Cl2NO7S3. The maximum absolute atomic E-state index is 11.2. The lowest BCUT2D eigenvalue weighted by molar-refractivity contribution is 0.501. The van der Waals surface area contributed by atoms with Crippen molar-refractivity contribution in [2.24, 2.45) is 0 Å². The Morgan fingerprint density at radius 3 is 1.17 bits per heavy atom. The highest BCUT2D eigenvalue weighted by molar-refractivity contribution is 8.13. The second-order valence-electron chi connectivity index (χ2n) is 6.84. The number of halogens is 2. The highest BCUT2D eigenvalue weighted by atomic mass is 35.7. The Morgan fingerprint density at radius 1 is 0.600 bits per heavy atom. The van der Waals surface area contributed by atoms with Crippen LogP contribution in [-0.2, 0) is 28.4 Å². The van der Waals surface area contributed by atoms with Gasteiger partial charge in [0.05, 0.1) is 9.79 Å². The van der Waals surface area contributed by atoms with E-state index in [1.807, 2.05) is 32.0 Å². The zero-order chi connectivity index (χ0) is 27.3. The van der Waals surface area contributed by atoms with E-state index < -0.39 is 28.4 Å². The topological polar surface area (TPSA) is 135 Å². The number of rotatable bonds is 3. The largest absolute Gasteiger partial charge is 0.353 e. The maximum Gasteiger partial charge on any atom is 0.353 e. The fourth-order valence-electron chi connectivity index (χ4n) is 2.07. The third-order valence-corrected chi connectivity index (χ3v) is 6.64. The number of nitrogens with one attached hydrogen (secondary N) is 1. The summed E-state index contributed by atoms with van der Waals surface area (Å²) in [7, 11) is -0.468. The van der Waals surface area contributed by atoms with Gasteiger partial charge in [0.1, 0.15) is 0 Å². The Bertz CT molecular complexity index is 1340. The Morgan fingerprint density at radius 2 is 0.914 bits per heavy atom. The van der Waals surface area contributed by atoms with Gasteiger partial charge in [-0.2, -0.15) is 8.42 Å². The molecule has 2 N–H and O–H groups in total. The van der Waals surface area contributed by atoms with E-state index in [0.29, 0.717) is 4.90 Å². The Balaban J connectivity index is 0.000000464. The molecule has 0 aliphatic carbocycles. The van der Waals surface area contributed by atoms with Crippen molar-refractivity contribution in [2.45, 2.75) is 30.6 Å². The molecule has 0 unspecified atom stereocenters. The van der Waals surface area contributed by atoms with Crippen LogP contribution in [0.4, 0.5) is 0 Å². The van der Waals surface area contributed by atoms with E-state index in [1.54, 1.807) is 36.4 Å². The second kappa shape index (κ2) is 15.2. The minimum atomic E-state index is -4.19. The molecule has 0 heterocycles. The van der Waals surface area contributed by atoms with E-state index in [-0.39, 0.29) is 4.90 Å². The standard InChI is InChI=1S/C8H11NO2S.C7H7ClO2S.C7H8.ClHO3S/c1-7-3-5-8(6-4-7)12(10,11)9-2;1-6-2-4-7(5-3-6)11(8,9)10;1-7-5-3-2-4-6-7;1-5(2,3)4/h3-6,9H,1-2H3;2-5H,1H3;2-6H,1H3;(H,2,3,4). The highest BCUT2D eigenvalue weighted by Gasteiger charge is 2.09. The van der Waals surface area contributed by atoms with Gasteiger partial charge in [-0.25, -0.2) is 21.6 Å². The van der Waals surface area contributed by atoms with Crippen LogP contribution in [0.2, 0.25) is 0 Å². The number of aryl methyl sites for hydroxylation is 3. The minimum Gasteiger partial charge on any atom is -0.273 e. The van der Waals surface area contributed by atoms with Crippen LogP contribution in [0.25, 0.3) is 0 Å². The predicted octanol–water partition coefficient (Wildman–Crippen LogP) is 4.85. The van der Waals surface area contributed by atoms with Gasteiger partial charge in [0.25, 0.3) is 9.05 Å². The third kappa shape index (κ3) is 17.1. The zero-order valence-electron chi connectivity index (χ0n) is 19.4. The molecule has 0 aliphatic heterocycles. The van der Waals surface area contributed by atoms with Crippen LogP contribution >= 0.6 is 21.4 Å². The van der Waals surface area contributed by atoms with Gasteiger partial charge in [0, 0.05) is 21.4 Å². The van der Waals surface area contributed by atoms with Crippen molar-refractivity contribution in [3.05, 3.63) is 95.6 Å². The first-order chi connectivity index (χ1) is 16.0. The van der Waals surface area contributed by atoms with Crippen molar-refractivity contribution >= 4 is 49.8 Å². The normalized spacial score (nSPS) is 10.9. The summed E-state index contributed by atoms with van der Waals surface area (Å²) in [5.74, 6) is 0. The number of hydrogen-bond acceptors (Lipinski definition) is 6.